The number of aromatic nitrogens is 2. The van der Waals surface area contributed by atoms with Crippen LogP contribution >= 0.6 is 0 Å². The average Bonchev–Trinajstić information content (AvgIpc) is 3.13. The van der Waals surface area contributed by atoms with Crippen LogP contribution in [0.4, 0.5) is 9.18 Å². The Balaban J connectivity index is 1.45. The molecule has 1 saturated heterocycles. The van der Waals surface area contributed by atoms with E-state index in [1.54, 1.807) is 23.2 Å². The summed E-state index contributed by atoms with van der Waals surface area (Å²) < 4.78 is 20.6. The third-order valence-corrected chi connectivity index (χ3v) is 3.99. The van der Waals surface area contributed by atoms with Gasteiger partial charge in [-0.1, -0.05) is 12.1 Å². The van der Waals surface area contributed by atoms with E-state index in [-0.39, 0.29) is 18.0 Å². The Bertz CT molecular complexity index is 645. The van der Waals surface area contributed by atoms with Gasteiger partial charge < -0.3 is 15.0 Å². The second kappa shape index (κ2) is 7.92. The maximum Gasteiger partial charge on any atom is 0.317 e. The highest BCUT2D eigenvalue weighted by molar-refractivity contribution is 5.74. The normalized spacial score (nSPS) is 17.7. The van der Waals surface area contributed by atoms with Crippen molar-refractivity contribution >= 4 is 6.03 Å². The third kappa shape index (κ3) is 4.32. The first-order valence-electron chi connectivity index (χ1n) is 8.09. The second-order valence-electron chi connectivity index (χ2n) is 5.71. The van der Waals surface area contributed by atoms with Gasteiger partial charge in [0.15, 0.2) is 0 Å². The highest BCUT2D eigenvalue weighted by Gasteiger charge is 2.25. The number of morpholine rings is 1. The van der Waals surface area contributed by atoms with Crippen LogP contribution in [-0.4, -0.2) is 47.0 Å². The highest BCUT2D eigenvalue weighted by atomic mass is 19.1. The number of hydrogen-bond donors (Lipinski definition) is 1. The summed E-state index contributed by atoms with van der Waals surface area (Å²) in [5.41, 5.74) is 0.882. The Hall–Kier alpha value is -2.41. The molecular weight excluding hydrogens is 311 g/mol. The molecule has 1 aliphatic heterocycles. The van der Waals surface area contributed by atoms with E-state index >= 15 is 0 Å². The Morgan fingerprint density at radius 2 is 2.21 bits per heavy atom. The summed E-state index contributed by atoms with van der Waals surface area (Å²) >= 11 is 0. The van der Waals surface area contributed by atoms with E-state index in [9.17, 15) is 9.18 Å². The Labute approximate surface area is 140 Å². The molecule has 1 aromatic carbocycles. The van der Waals surface area contributed by atoms with Crippen molar-refractivity contribution in [1.82, 2.24) is 20.0 Å². The highest BCUT2D eigenvalue weighted by Crippen LogP contribution is 2.22. The predicted octanol–water partition coefficient (Wildman–Crippen LogP) is 2.20. The van der Waals surface area contributed by atoms with E-state index in [0.717, 1.165) is 18.5 Å². The van der Waals surface area contributed by atoms with Crippen molar-refractivity contribution in [3.8, 4) is 0 Å². The van der Waals surface area contributed by atoms with E-state index in [0.29, 0.717) is 26.2 Å². The van der Waals surface area contributed by atoms with Gasteiger partial charge in [0.2, 0.25) is 0 Å². The zero-order valence-electron chi connectivity index (χ0n) is 13.4. The number of halogens is 1. The van der Waals surface area contributed by atoms with Crippen LogP contribution in [0.15, 0.2) is 42.7 Å². The lowest BCUT2D eigenvalue weighted by atomic mass is 10.1. The summed E-state index contributed by atoms with van der Waals surface area (Å²) in [4.78, 5) is 14.0. The van der Waals surface area contributed by atoms with Gasteiger partial charge in [0.25, 0.3) is 0 Å². The van der Waals surface area contributed by atoms with Gasteiger partial charge in [0, 0.05) is 32.0 Å². The first-order chi connectivity index (χ1) is 11.7. The van der Waals surface area contributed by atoms with Crippen molar-refractivity contribution in [3.63, 3.8) is 0 Å². The lowest BCUT2D eigenvalue weighted by Gasteiger charge is -2.33. The van der Waals surface area contributed by atoms with Gasteiger partial charge in [0.05, 0.1) is 13.2 Å². The standard InChI is InChI=1S/C17H21FN4O2/c18-15-5-3-14(4-6-15)16-13-21(11-12-24-16)17(23)19-7-1-9-22-10-2-8-20-22/h2-6,8,10,16H,1,7,9,11-13H2,(H,19,23). The van der Waals surface area contributed by atoms with E-state index in [2.05, 4.69) is 10.4 Å². The third-order valence-electron chi connectivity index (χ3n) is 3.99. The summed E-state index contributed by atoms with van der Waals surface area (Å²) in [7, 11) is 0. The van der Waals surface area contributed by atoms with Gasteiger partial charge in [0.1, 0.15) is 11.9 Å². The number of ether oxygens (including phenoxy) is 1. The van der Waals surface area contributed by atoms with Gasteiger partial charge >= 0.3 is 6.03 Å². The summed E-state index contributed by atoms with van der Waals surface area (Å²) in [5.74, 6) is -0.277. The number of carbonyl (C=O) groups excluding carboxylic acids is 1. The Morgan fingerprint density at radius 1 is 1.38 bits per heavy atom. The van der Waals surface area contributed by atoms with Gasteiger partial charge in [-0.25, -0.2) is 9.18 Å². The van der Waals surface area contributed by atoms with E-state index in [1.807, 2.05) is 16.9 Å². The first kappa shape index (κ1) is 16.4. The quantitative estimate of drug-likeness (QED) is 0.854. The largest absolute Gasteiger partial charge is 0.370 e. The van der Waals surface area contributed by atoms with Crippen molar-refractivity contribution in [2.75, 3.05) is 26.2 Å². The van der Waals surface area contributed by atoms with Crippen molar-refractivity contribution in [2.45, 2.75) is 19.1 Å². The molecule has 0 aliphatic carbocycles. The molecule has 6 nitrogen and oxygen atoms in total. The van der Waals surface area contributed by atoms with Gasteiger partial charge in [-0.15, -0.1) is 0 Å². The number of aryl methyl sites for hydroxylation is 1. The molecule has 7 heteroatoms. The lowest BCUT2D eigenvalue weighted by Crippen LogP contribution is -2.47. The summed E-state index contributed by atoms with van der Waals surface area (Å²) in [6, 6.07) is 8.00. The number of hydrogen-bond acceptors (Lipinski definition) is 3. The molecule has 1 unspecified atom stereocenters. The molecule has 24 heavy (non-hydrogen) atoms. The minimum Gasteiger partial charge on any atom is -0.370 e. The van der Waals surface area contributed by atoms with Crippen LogP contribution in [0.2, 0.25) is 0 Å². The molecule has 1 N–H and O–H groups in total. The van der Waals surface area contributed by atoms with Crippen molar-refractivity contribution in [1.29, 1.82) is 0 Å². The lowest BCUT2D eigenvalue weighted by molar-refractivity contribution is -0.0154. The molecule has 2 amide bonds. The summed E-state index contributed by atoms with van der Waals surface area (Å²) in [5, 5.41) is 7.05. The van der Waals surface area contributed by atoms with Crippen LogP contribution in [0.3, 0.4) is 0 Å². The summed E-state index contributed by atoms with van der Waals surface area (Å²) in [6.07, 6.45) is 4.24. The topological polar surface area (TPSA) is 59.4 Å². The van der Waals surface area contributed by atoms with Crippen LogP contribution in [0, 0.1) is 5.82 Å². The molecule has 1 atom stereocenters. The Kier molecular flexibility index (Phi) is 5.43. The predicted molar refractivity (Wildman–Crippen MR) is 86.9 cm³/mol. The van der Waals surface area contributed by atoms with Gasteiger partial charge in [-0.3, -0.25) is 4.68 Å². The molecule has 1 aliphatic rings. The monoisotopic (exact) mass is 332 g/mol. The first-order valence-corrected chi connectivity index (χ1v) is 8.09. The average molecular weight is 332 g/mol. The zero-order chi connectivity index (χ0) is 16.8. The van der Waals surface area contributed by atoms with E-state index in [4.69, 9.17) is 4.74 Å². The van der Waals surface area contributed by atoms with Crippen molar-refractivity contribution < 1.29 is 13.9 Å². The fourth-order valence-electron chi connectivity index (χ4n) is 2.69. The SMILES string of the molecule is O=C(NCCCn1cccn1)N1CCOC(c2ccc(F)cc2)C1. The smallest absolute Gasteiger partial charge is 0.317 e. The molecule has 1 aromatic heterocycles. The van der Waals surface area contributed by atoms with Gasteiger partial charge in [-0.2, -0.15) is 5.10 Å². The minimum atomic E-state index is -0.277. The molecule has 3 rings (SSSR count). The zero-order valence-corrected chi connectivity index (χ0v) is 13.4. The van der Waals surface area contributed by atoms with Crippen LogP contribution in [-0.2, 0) is 11.3 Å². The maximum absolute atomic E-state index is 13.0. The molecule has 0 saturated carbocycles. The van der Waals surface area contributed by atoms with E-state index < -0.39 is 0 Å². The fourth-order valence-corrected chi connectivity index (χ4v) is 2.69. The molecule has 0 spiro atoms. The minimum absolute atomic E-state index is 0.0918. The number of urea groups is 1. The molecule has 128 valence electrons. The van der Waals surface area contributed by atoms with Gasteiger partial charge in [-0.05, 0) is 30.2 Å². The second-order valence-corrected chi connectivity index (χ2v) is 5.71. The van der Waals surface area contributed by atoms with E-state index in [1.165, 1.54) is 12.1 Å². The number of amides is 2. The molecule has 1 fully saturated rings. The number of nitrogens with one attached hydrogen (secondary N) is 1. The van der Waals surface area contributed by atoms with Crippen LogP contribution in [0.5, 0.6) is 0 Å². The van der Waals surface area contributed by atoms with Crippen molar-refractivity contribution in [3.05, 3.63) is 54.1 Å². The molecule has 2 heterocycles. The number of nitrogens with zero attached hydrogens (tertiary/aromatic N) is 3. The van der Waals surface area contributed by atoms with Crippen LogP contribution < -0.4 is 5.32 Å². The van der Waals surface area contributed by atoms with Crippen LogP contribution in [0.1, 0.15) is 18.1 Å². The Morgan fingerprint density at radius 3 is 2.96 bits per heavy atom. The number of carbonyl (C=O) groups is 1. The number of benzene rings is 1. The van der Waals surface area contributed by atoms with Crippen molar-refractivity contribution in [2.24, 2.45) is 0 Å². The fraction of sp³-hybridized carbons (Fsp3) is 0.412. The molecule has 0 bridgehead atoms. The molecule has 2 aromatic rings. The maximum atomic E-state index is 13.0. The molecule has 0 radical (unpaired) electrons. The van der Waals surface area contributed by atoms with Crippen LogP contribution in [0.25, 0.3) is 0 Å². The number of rotatable bonds is 5. The molecular formula is C17H21FN4O2. The summed E-state index contributed by atoms with van der Waals surface area (Å²) in [6.45, 7) is 2.87.